The highest BCUT2D eigenvalue weighted by atomic mass is 16.2. The van der Waals surface area contributed by atoms with E-state index in [9.17, 15) is 4.79 Å². The standard InChI is InChI=1S/C18H28N2O/c1-4-5-11-18(21)20-13-12-17(19(2)3)16(14-20)15-9-7-6-8-10-15/h6-10,16-17H,4-5,11-14H2,1-3H3. The Morgan fingerprint density at radius 2 is 2.00 bits per heavy atom. The number of unbranched alkanes of at least 4 members (excludes halogenated alkanes) is 1. The number of hydrogen-bond acceptors (Lipinski definition) is 2. The third-order valence-corrected chi connectivity index (χ3v) is 4.56. The molecule has 3 nitrogen and oxygen atoms in total. The van der Waals surface area contributed by atoms with E-state index in [1.807, 2.05) is 0 Å². The zero-order valence-corrected chi connectivity index (χ0v) is 13.6. The SMILES string of the molecule is CCCCC(=O)N1CCC(N(C)C)C(c2ccccc2)C1. The van der Waals surface area contributed by atoms with Crippen LogP contribution in [-0.4, -0.2) is 48.9 Å². The van der Waals surface area contributed by atoms with Crippen molar-refractivity contribution in [2.24, 2.45) is 0 Å². The zero-order valence-electron chi connectivity index (χ0n) is 13.6. The monoisotopic (exact) mass is 288 g/mol. The molecule has 0 aromatic heterocycles. The number of likely N-dealkylation sites (tertiary alicyclic amines) is 1. The maximum atomic E-state index is 12.3. The van der Waals surface area contributed by atoms with Gasteiger partial charge in [-0.2, -0.15) is 0 Å². The molecular formula is C18H28N2O. The summed E-state index contributed by atoms with van der Waals surface area (Å²) in [5.74, 6) is 0.746. The van der Waals surface area contributed by atoms with Gasteiger partial charge in [0.2, 0.25) is 5.91 Å². The number of carbonyl (C=O) groups is 1. The molecule has 0 spiro atoms. The van der Waals surface area contributed by atoms with E-state index in [0.29, 0.717) is 24.3 Å². The third-order valence-electron chi connectivity index (χ3n) is 4.56. The number of carbonyl (C=O) groups excluding carboxylic acids is 1. The molecule has 1 amide bonds. The van der Waals surface area contributed by atoms with Gasteiger partial charge in [-0.15, -0.1) is 0 Å². The molecule has 116 valence electrons. The molecule has 2 unspecified atom stereocenters. The largest absolute Gasteiger partial charge is 0.342 e. The van der Waals surface area contributed by atoms with Crippen LogP contribution in [-0.2, 0) is 4.79 Å². The van der Waals surface area contributed by atoms with Crippen LogP contribution in [0.1, 0.15) is 44.1 Å². The number of rotatable bonds is 5. The lowest BCUT2D eigenvalue weighted by Gasteiger charge is -2.42. The maximum absolute atomic E-state index is 12.3. The fourth-order valence-electron chi connectivity index (χ4n) is 3.30. The Morgan fingerprint density at radius 3 is 2.62 bits per heavy atom. The first-order valence-electron chi connectivity index (χ1n) is 8.12. The summed E-state index contributed by atoms with van der Waals surface area (Å²) in [6, 6.07) is 11.2. The van der Waals surface area contributed by atoms with Crippen molar-refractivity contribution < 1.29 is 4.79 Å². The maximum Gasteiger partial charge on any atom is 0.222 e. The Hall–Kier alpha value is -1.35. The summed E-state index contributed by atoms with van der Waals surface area (Å²) < 4.78 is 0. The number of benzene rings is 1. The van der Waals surface area contributed by atoms with Crippen LogP contribution in [0, 0.1) is 0 Å². The summed E-state index contributed by atoms with van der Waals surface area (Å²) in [7, 11) is 4.30. The number of nitrogens with zero attached hydrogens (tertiary/aromatic N) is 2. The number of hydrogen-bond donors (Lipinski definition) is 0. The first-order chi connectivity index (χ1) is 10.1. The number of likely N-dealkylation sites (N-methyl/N-ethyl adjacent to an activating group) is 1. The quantitative estimate of drug-likeness (QED) is 0.831. The lowest BCUT2D eigenvalue weighted by atomic mass is 9.85. The Morgan fingerprint density at radius 1 is 1.29 bits per heavy atom. The average molecular weight is 288 g/mol. The minimum Gasteiger partial charge on any atom is -0.342 e. The van der Waals surface area contributed by atoms with E-state index >= 15 is 0 Å². The molecule has 1 saturated heterocycles. The summed E-state index contributed by atoms with van der Waals surface area (Å²) in [6.07, 6.45) is 3.85. The highest BCUT2D eigenvalue weighted by molar-refractivity contribution is 5.76. The van der Waals surface area contributed by atoms with Crippen LogP contribution in [0.15, 0.2) is 30.3 Å². The van der Waals surface area contributed by atoms with E-state index in [1.54, 1.807) is 0 Å². The molecule has 0 aliphatic carbocycles. The molecule has 0 radical (unpaired) electrons. The molecule has 1 aromatic carbocycles. The highest BCUT2D eigenvalue weighted by Crippen LogP contribution is 2.30. The Labute approximate surface area is 128 Å². The van der Waals surface area contributed by atoms with Gasteiger partial charge in [-0.25, -0.2) is 0 Å². The van der Waals surface area contributed by atoms with E-state index in [-0.39, 0.29) is 0 Å². The smallest absolute Gasteiger partial charge is 0.222 e. The second-order valence-electron chi connectivity index (χ2n) is 6.28. The van der Waals surface area contributed by atoms with Crippen LogP contribution < -0.4 is 0 Å². The van der Waals surface area contributed by atoms with Gasteiger partial charge in [0.1, 0.15) is 0 Å². The Balaban J connectivity index is 2.11. The Bertz CT molecular complexity index is 444. The van der Waals surface area contributed by atoms with Crippen molar-refractivity contribution >= 4 is 5.91 Å². The van der Waals surface area contributed by atoms with E-state index in [0.717, 1.165) is 32.4 Å². The minimum atomic E-state index is 0.329. The van der Waals surface area contributed by atoms with Crippen molar-refractivity contribution in [1.29, 1.82) is 0 Å². The van der Waals surface area contributed by atoms with Crippen LogP contribution >= 0.6 is 0 Å². The molecule has 21 heavy (non-hydrogen) atoms. The van der Waals surface area contributed by atoms with E-state index in [2.05, 4.69) is 61.2 Å². The lowest BCUT2D eigenvalue weighted by molar-refractivity contribution is -0.133. The minimum absolute atomic E-state index is 0.329. The van der Waals surface area contributed by atoms with Crippen molar-refractivity contribution in [3.8, 4) is 0 Å². The molecule has 0 saturated carbocycles. The normalized spacial score (nSPS) is 22.6. The topological polar surface area (TPSA) is 23.6 Å². The second-order valence-corrected chi connectivity index (χ2v) is 6.28. The zero-order chi connectivity index (χ0) is 15.2. The molecule has 1 heterocycles. The molecule has 2 rings (SSSR count). The van der Waals surface area contributed by atoms with Gasteiger partial charge in [-0.1, -0.05) is 43.7 Å². The summed E-state index contributed by atoms with van der Waals surface area (Å²) in [5.41, 5.74) is 1.35. The molecule has 0 bridgehead atoms. The predicted molar refractivity (Wildman–Crippen MR) is 87.4 cm³/mol. The van der Waals surface area contributed by atoms with Crippen molar-refractivity contribution in [2.75, 3.05) is 27.2 Å². The average Bonchev–Trinajstić information content (AvgIpc) is 2.52. The first kappa shape index (κ1) is 16.0. The van der Waals surface area contributed by atoms with Crippen molar-refractivity contribution in [2.45, 2.75) is 44.6 Å². The van der Waals surface area contributed by atoms with Gasteiger partial charge in [0.25, 0.3) is 0 Å². The van der Waals surface area contributed by atoms with Gasteiger partial charge in [0, 0.05) is 31.5 Å². The molecule has 1 fully saturated rings. The summed E-state index contributed by atoms with van der Waals surface area (Å²) >= 11 is 0. The van der Waals surface area contributed by atoms with Crippen molar-refractivity contribution in [1.82, 2.24) is 9.80 Å². The van der Waals surface area contributed by atoms with Gasteiger partial charge >= 0.3 is 0 Å². The van der Waals surface area contributed by atoms with Crippen LogP contribution in [0.2, 0.25) is 0 Å². The fourth-order valence-corrected chi connectivity index (χ4v) is 3.30. The van der Waals surface area contributed by atoms with Crippen LogP contribution in [0.3, 0.4) is 0 Å². The molecule has 2 atom stereocenters. The van der Waals surface area contributed by atoms with Crippen LogP contribution in [0.25, 0.3) is 0 Å². The van der Waals surface area contributed by atoms with Crippen molar-refractivity contribution in [3.05, 3.63) is 35.9 Å². The summed E-state index contributed by atoms with van der Waals surface area (Å²) in [6.45, 7) is 3.89. The van der Waals surface area contributed by atoms with E-state index in [4.69, 9.17) is 0 Å². The second kappa shape index (κ2) is 7.60. The van der Waals surface area contributed by atoms with Gasteiger partial charge in [0.05, 0.1) is 0 Å². The van der Waals surface area contributed by atoms with E-state index in [1.165, 1.54) is 5.56 Å². The summed E-state index contributed by atoms with van der Waals surface area (Å²) in [5, 5.41) is 0. The lowest BCUT2D eigenvalue weighted by Crippen LogP contribution is -2.49. The molecular weight excluding hydrogens is 260 g/mol. The molecule has 3 heteroatoms. The van der Waals surface area contributed by atoms with Crippen LogP contribution in [0.4, 0.5) is 0 Å². The highest BCUT2D eigenvalue weighted by Gasteiger charge is 2.33. The number of piperidine rings is 1. The molecule has 0 N–H and O–H groups in total. The van der Waals surface area contributed by atoms with E-state index < -0.39 is 0 Å². The first-order valence-corrected chi connectivity index (χ1v) is 8.12. The predicted octanol–water partition coefficient (Wildman–Crippen LogP) is 3.12. The Kier molecular flexibility index (Phi) is 5.80. The van der Waals surface area contributed by atoms with Gasteiger partial charge in [-0.3, -0.25) is 4.79 Å². The number of amides is 1. The molecule has 1 aromatic rings. The van der Waals surface area contributed by atoms with Crippen LogP contribution in [0.5, 0.6) is 0 Å². The van der Waals surface area contributed by atoms with Crippen molar-refractivity contribution in [3.63, 3.8) is 0 Å². The third kappa shape index (κ3) is 4.07. The van der Waals surface area contributed by atoms with Gasteiger partial charge in [-0.05, 0) is 32.5 Å². The fraction of sp³-hybridized carbons (Fsp3) is 0.611. The summed E-state index contributed by atoms with van der Waals surface area (Å²) in [4.78, 5) is 16.7. The van der Waals surface area contributed by atoms with Gasteiger partial charge in [0.15, 0.2) is 0 Å². The van der Waals surface area contributed by atoms with Gasteiger partial charge < -0.3 is 9.80 Å². The molecule has 1 aliphatic rings. The molecule has 1 aliphatic heterocycles.